The van der Waals surface area contributed by atoms with Gasteiger partial charge in [-0.1, -0.05) is 23.7 Å². The van der Waals surface area contributed by atoms with Gasteiger partial charge in [0, 0.05) is 18.0 Å². The Labute approximate surface area is 173 Å². The van der Waals surface area contributed by atoms with E-state index in [1.54, 1.807) is 23.5 Å². The number of benzene rings is 2. The summed E-state index contributed by atoms with van der Waals surface area (Å²) < 4.78 is 33.7. The van der Waals surface area contributed by atoms with Gasteiger partial charge in [-0.25, -0.2) is 8.42 Å². The van der Waals surface area contributed by atoms with E-state index in [0.29, 0.717) is 11.4 Å². The summed E-state index contributed by atoms with van der Waals surface area (Å²) in [6, 6.07) is 14.0. The molecule has 1 aromatic heterocycles. The molecule has 1 aliphatic rings. The second kappa shape index (κ2) is 7.66. The Bertz CT molecular complexity index is 1110. The molecular weight excluding hydrogens is 416 g/mol. The van der Waals surface area contributed by atoms with Gasteiger partial charge >= 0.3 is 0 Å². The minimum absolute atomic E-state index is 0.0897. The molecule has 0 radical (unpaired) electrons. The van der Waals surface area contributed by atoms with Crippen molar-refractivity contribution in [1.82, 2.24) is 0 Å². The number of thiophene rings is 1. The fourth-order valence-corrected chi connectivity index (χ4v) is 5.62. The standard InChI is InChI=1S/C20H19ClN2O3S2/c1-26-19-7-6-15(12-16(19)21)28(24,25)22-17-4-2-3-5-18(17)23-10-8-20-14(13-23)9-11-27-20/h2-7,9,11-12,22H,8,10,13H2,1H3. The maximum Gasteiger partial charge on any atom is 0.262 e. The summed E-state index contributed by atoms with van der Waals surface area (Å²) in [5, 5.41) is 2.36. The summed E-state index contributed by atoms with van der Waals surface area (Å²) in [5.74, 6) is 0.431. The van der Waals surface area contributed by atoms with Crippen molar-refractivity contribution in [2.75, 3.05) is 23.3 Å². The van der Waals surface area contributed by atoms with Crippen LogP contribution in [0.2, 0.25) is 5.02 Å². The smallest absolute Gasteiger partial charge is 0.262 e. The highest BCUT2D eigenvalue weighted by molar-refractivity contribution is 7.92. The van der Waals surface area contributed by atoms with E-state index in [9.17, 15) is 8.42 Å². The molecule has 0 saturated heterocycles. The molecular formula is C20H19ClN2O3S2. The van der Waals surface area contributed by atoms with Crippen molar-refractivity contribution in [2.45, 2.75) is 17.9 Å². The highest BCUT2D eigenvalue weighted by Crippen LogP contribution is 2.34. The molecule has 28 heavy (non-hydrogen) atoms. The van der Waals surface area contributed by atoms with Crippen molar-refractivity contribution >= 4 is 44.3 Å². The summed E-state index contributed by atoms with van der Waals surface area (Å²) >= 11 is 7.88. The van der Waals surface area contributed by atoms with Crippen LogP contribution in [0.4, 0.5) is 11.4 Å². The van der Waals surface area contributed by atoms with Gasteiger partial charge in [-0.2, -0.15) is 0 Å². The molecule has 2 heterocycles. The number of halogens is 1. The molecule has 8 heteroatoms. The number of para-hydroxylation sites is 2. The van der Waals surface area contributed by atoms with Gasteiger partial charge in [0.05, 0.1) is 28.4 Å². The summed E-state index contributed by atoms with van der Waals surface area (Å²) in [6.45, 7) is 1.62. The van der Waals surface area contributed by atoms with Crippen LogP contribution >= 0.6 is 22.9 Å². The number of hydrogen-bond acceptors (Lipinski definition) is 5. The summed E-state index contributed by atoms with van der Waals surface area (Å²) in [5.41, 5.74) is 2.71. The zero-order chi connectivity index (χ0) is 19.7. The summed E-state index contributed by atoms with van der Waals surface area (Å²) in [4.78, 5) is 3.70. The molecule has 0 atom stereocenters. The quantitative estimate of drug-likeness (QED) is 0.628. The van der Waals surface area contributed by atoms with Crippen LogP contribution in [0, 0.1) is 0 Å². The van der Waals surface area contributed by atoms with Crippen molar-refractivity contribution in [3.63, 3.8) is 0 Å². The molecule has 1 N–H and O–H groups in total. The van der Waals surface area contributed by atoms with Crippen molar-refractivity contribution in [2.24, 2.45) is 0 Å². The van der Waals surface area contributed by atoms with Crippen LogP contribution < -0.4 is 14.4 Å². The largest absolute Gasteiger partial charge is 0.495 e. The number of sulfonamides is 1. The van der Waals surface area contributed by atoms with E-state index in [0.717, 1.165) is 25.2 Å². The minimum atomic E-state index is -3.79. The number of fused-ring (bicyclic) bond motifs is 1. The van der Waals surface area contributed by atoms with Crippen LogP contribution in [0.5, 0.6) is 5.75 Å². The van der Waals surface area contributed by atoms with Crippen LogP contribution in [0.3, 0.4) is 0 Å². The highest BCUT2D eigenvalue weighted by atomic mass is 35.5. The van der Waals surface area contributed by atoms with Gasteiger partial charge < -0.3 is 9.64 Å². The van der Waals surface area contributed by atoms with E-state index in [1.807, 2.05) is 18.2 Å². The molecule has 0 fully saturated rings. The third kappa shape index (κ3) is 3.70. The molecule has 0 bridgehead atoms. The van der Waals surface area contributed by atoms with Crippen molar-refractivity contribution in [3.8, 4) is 5.75 Å². The fraction of sp³-hybridized carbons (Fsp3) is 0.200. The molecule has 3 aromatic rings. The predicted octanol–water partition coefficient (Wildman–Crippen LogP) is 4.77. The summed E-state index contributed by atoms with van der Waals surface area (Å²) in [7, 11) is -2.30. The molecule has 2 aromatic carbocycles. The average Bonchev–Trinajstić information content (AvgIpc) is 3.16. The maximum absolute atomic E-state index is 12.9. The number of nitrogens with one attached hydrogen (secondary N) is 1. The molecule has 0 amide bonds. The first-order chi connectivity index (χ1) is 13.5. The van der Waals surface area contributed by atoms with Crippen molar-refractivity contribution in [1.29, 1.82) is 0 Å². The van der Waals surface area contributed by atoms with Crippen LogP contribution in [0.15, 0.2) is 58.8 Å². The molecule has 4 rings (SSSR count). The Morgan fingerprint density at radius 2 is 2.00 bits per heavy atom. The van der Waals surface area contributed by atoms with Crippen LogP contribution in [-0.4, -0.2) is 22.1 Å². The molecule has 0 unspecified atom stereocenters. The zero-order valence-corrected chi connectivity index (χ0v) is 17.6. The van der Waals surface area contributed by atoms with Gasteiger partial charge in [-0.3, -0.25) is 4.72 Å². The van der Waals surface area contributed by atoms with Crippen LogP contribution in [-0.2, 0) is 23.0 Å². The molecule has 5 nitrogen and oxygen atoms in total. The highest BCUT2D eigenvalue weighted by Gasteiger charge is 2.22. The number of anilines is 2. The van der Waals surface area contributed by atoms with E-state index in [-0.39, 0.29) is 9.92 Å². The van der Waals surface area contributed by atoms with Gasteiger partial charge in [-0.15, -0.1) is 11.3 Å². The number of ether oxygens (including phenoxy) is 1. The van der Waals surface area contributed by atoms with Gasteiger partial charge in [0.1, 0.15) is 5.75 Å². The first-order valence-corrected chi connectivity index (χ1v) is 11.5. The van der Waals surface area contributed by atoms with Crippen molar-refractivity contribution < 1.29 is 13.2 Å². The normalized spacial score (nSPS) is 13.9. The fourth-order valence-electron chi connectivity index (χ4n) is 3.31. The minimum Gasteiger partial charge on any atom is -0.495 e. The molecule has 0 aliphatic carbocycles. The average molecular weight is 435 g/mol. The van der Waals surface area contributed by atoms with E-state index in [1.165, 1.54) is 29.7 Å². The Morgan fingerprint density at radius 1 is 1.18 bits per heavy atom. The predicted molar refractivity (Wildman–Crippen MR) is 114 cm³/mol. The Morgan fingerprint density at radius 3 is 2.79 bits per heavy atom. The SMILES string of the molecule is COc1ccc(S(=O)(=O)Nc2ccccc2N2CCc3sccc3C2)cc1Cl. The number of rotatable bonds is 5. The van der Waals surface area contributed by atoms with E-state index in [2.05, 4.69) is 21.1 Å². The zero-order valence-electron chi connectivity index (χ0n) is 15.2. The first-order valence-electron chi connectivity index (χ1n) is 8.73. The van der Waals surface area contributed by atoms with E-state index < -0.39 is 10.0 Å². The maximum atomic E-state index is 12.9. The van der Waals surface area contributed by atoms with Gasteiger partial charge in [0.15, 0.2) is 0 Å². The second-order valence-corrected chi connectivity index (χ2v) is 9.55. The second-order valence-electron chi connectivity index (χ2n) is 6.46. The van der Waals surface area contributed by atoms with Gasteiger partial charge in [0.2, 0.25) is 0 Å². The van der Waals surface area contributed by atoms with Gasteiger partial charge in [-0.05, 0) is 53.8 Å². The molecule has 146 valence electrons. The Hall–Kier alpha value is -2.22. The van der Waals surface area contributed by atoms with E-state index >= 15 is 0 Å². The Kier molecular flexibility index (Phi) is 5.23. The third-order valence-electron chi connectivity index (χ3n) is 4.73. The monoisotopic (exact) mass is 434 g/mol. The topological polar surface area (TPSA) is 58.6 Å². The number of nitrogens with zero attached hydrogens (tertiary/aromatic N) is 1. The lowest BCUT2D eigenvalue weighted by atomic mass is 10.1. The van der Waals surface area contributed by atoms with E-state index in [4.69, 9.17) is 16.3 Å². The summed E-state index contributed by atoms with van der Waals surface area (Å²) in [6.07, 6.45) is 0.960. The lowest BCUT2D eigenvalue weighted by Gasteiger charge is -2.30. The molecule has 0 saturated carbocycles. The molecule has 1 aliphatic heterocycles. The van der Waals surface area contributed by atoms with Crippen LogP contribution in [0.25, 0.3) is 0 Å². The lowest BCUT2D eigenvalue weighted by molar-refractivity contribution is 0.414. The van der Waals surface area contributed by atoms with Crippen LogP contribution in [0.1, 0.15) is 10.4 Å². The molecule has 0 spiro atoms. The third-order valence-corrected chi connectivity index (χ3v) is 7.41. The number of methoxy groups -OCH3 is 1. The van der Waals surface area contributed by atoms with Gasteiger partial charge in [0.25, 0.3) is 10.0 Å². The van der Waals surface area contributed by atoms with Crippen molar-refractivity contribution in [3.05, 3.63) is 69.4 Å². The number of hydrogen-bond donors (Lipinski definition) is 1. The lowest BCUT2D eigenvalue weighted by Crippen LogP contribution is -2.30. The Balaban J connectivity index is 1.63. The first kappa shape index (κ1) is 19.1.